The highest BCUT2D eigenvalue weighted by Crippen LogP contribution is 2.31. The number of aliphatic imine (C=N–C) groups is 1. The first-order valence-corrected chi connectivity index (χ1v) is 10.1. The second kappa shape index (κ2) is 8.40. The third kappa shape index (κ3) is 4.77. The topological polar surface area (TPSA) is 56.9 Å². The summed E-state index contributed by atoms with van der Waals surface area (Å²) in [5.74, 6) is 0.533. The quantitative estimate of drug-likeness (QED) is 0.642. The van der Waals surface area contributed by atoms with Crippen molar-refractivity contribution in [2.75, 3.05) is 45.1 Å². The first-order chi connectivity index (χ1) is 12.5. The summed E-state index contributed by atoms with van der Waals surface area (Å²) in [6.07, 6.45) is 6.37. The van der Waals surface area contributed by atoms with Gasteiger partial charge in [0.05, 0.1) is 6.54 Å². The Morgan fingerprint density at radius 1 is 1.04 bits per heavy atom. The minimum absolute atomic E-state index is 0.182. The summed E-state index contributed by atoms with van der Waals surface area (Å²) >= 11 is 0. The third-order valence-electron chi connectivity index (χ3n) is 5.98. The molecule has 1 aromatic rings. The van der Waals surface area contributed by atoms with Gasteiger partial charge in [0.25, 0.3) is 0 Å². The lowest BCUT2D eigenvalue weighted by molar-refractivity contribution is 0.0209. The van der Waals surface area contributed by atoms with Gasteiger partial charge in [0.15, 0.2) is 5.96 Å². The summed E-state index contributed by atoms with van der Waals surface area (Å²) in [5.41, 5.74) is 9.93. The summed E-state index contributed by atoms with van der Waals surface area (Å²) in [4.78, 5) is 9.94. The zero-order valence-corrected chi connectivity index (χ0v) is 16.7. The average molecular weight is 358 g/mol. The van der Waals surface area contributed by atoms with Crippen LogP contribution in [-0.2, 0) is 0 Å². The largest absolute Gasteiger partial charge is 0.370 e. The van der Waals surface area contributed by atoms with Gasteiger partial charge in [-0.2, -0.15) is 0 Å². The van der Waals surface area contributed by atoms with Gasteiger partial charge in [-0.15, -0.1) is 0 Å². The molecule has 0 bridgehead atoms. The van der Waals surface area contributed by atoms with Crippen LogP contribution in [0.1, 0.15) is 43.2 Å². The predicted octanol–water partition coefficient (Wildman–Crippen LogP) is 2.98. The second-order valence-corrected chi connectivity index (χ2v) is 8.28. The Bertz CT molecular complexity index is 605. The van der Waals surface area contributed by atoms with E-state index >= 15 is 0 Å². The minimum atomic E-state index is 0.182. The SMILES string of the molecule is Cc1cc(C)cc(NC(N)=NCC2(N3CCCCC3)CCN(C)CC2)c1. The maximum Gasteiger partial charge on any atom is 0.193 e. The Hall–Kier alpha value is -1.59. The maximum atomic E-state index is 6.25. The van der Waals surface area contributed by atoms with E-state index in [0.29, 0.717) is 5.96 Å². The molecule has 5 heteroatoms. The number of likely N-dealkylation sites (tertiary alicyclic amines) is 2. The van der Waals surface area contributed by atoms with Gasteiger partial charge in [0.1, 0.15) is 0 Å². The van der Waals surface area contributed by atoms with Crippen molar-refractivity contribution in [3.05, 3.63) is 29.3 Å². The first kappa shape index (κ1) is 19.2. The van der Waals surface area contributed by atoms with Crippen LogP contribution >= 0.6 is 0 Å². The van der Waals surface area contributed by atoms with E-state index in [1.165, 1.54) is 56.3 Å². The highest BCUT2D eigenvalue weighted by atomic mass is 15.3. The molecule has 0 spiro atoms. The molecule has 5 nitrogen and oxygen atoms in total. The maximum absolute atomic E-state index is 6.25. The fourth-order valence-electron chi connectivity index (χ4n) is 4.44. The second-order valence-electron chi connectivity index (χ2n) is 8.28. The summed E-state index contributed by atoms with van der Waals surface area (Å²) < 4.78 is 0. The number of anilines is 1. The first-order valence-electron chi connectivity index (χ1n) is 10.1. The summed E-state index contributed by atoms with van der Waals surface area (Å²) in [7, 11) is 2.22. The van der Waals surface area contributed by atoms with Crippen LogP contribution in [-0.4, -0.2) is 61.1 Å². The monoisotopic (exact) mass is 357 g/mol. The number of aryl methyl sites for hydroxylation is 2. The molecule has 0 amide bonds. The van der Waals surface area contributed by atoms with E-state index in [1.54, 1.807) is 0 Å². The van der Waals surface area contributed by atoms with Gasteiger partial charge >= 0.3 is 0 Å². The van der Waals surface area contributed by atoms with Crippen LogP contribution in [0.15, 0.2) is 23.2 Å². The molecule has 0 unspecified atom stereocenters. The van der Waals surface area contributed by atoms with E-state index in [2.05, 4.69) is 54.2 Å². The van der Waals surface area contributed by atoms with E-state index in [4.69, 9.17) is 10.7 Å². The number of nitrogens with zero attached hydrogens (tertiary/aromatic N) is 3. The van der Waals surface area contributed by atoms with Crippen molar-refractivity contribution in [3.63, 3.8) is 0 Å². The zero-order valence-electron chi connectivity index (χ0n) is 16.7. The average Bonchev–Trinajstić information content (AvgIpc) is 2.61. The molecule has 3 rings (SSSR count). The molecule has 0 atom stereocenters. The molecule has 2 saturated heterocycles. The van der Waals surface area contributed by atoms with E-state index < -0.39 is 0 Å². The molecule has 144 valence electrons. The molecule has 2 aliphatic heterocycles. The molecule has 1 aromatic carbocycles. The lowest BCUT2D eigenvalue weighted by atomic mass is 9.84. The molecule has 3 N–H and O–H groups in total. The van der Waals surface area contributed by atoms with Crippen molar-refractivity contribution in [1.29, 1.82) is 0 Å². The normalized spacial score (nSPS) is 22.3. The zero-order chi connectivity index (χ0) is 18.6. The van der Waals surface area contributed by atoms with Crippen molar-refractivity contribution in [1.82, 2.24) is 9.80 Å². The Kier molecular flexibility index (Phi) is 6.20. The summed E-state index contributed by atoms with van der Waals surface area (Å²) in [6.45, 7) is 9.73. The number of hydrogen-bond acceptors (Lipinski definition) is 3. The Morgan fingerprint density at radius 3 is 2.27 bits per heavy atom. The van der Waals surface area contributed by atoms with E-state index in [9.17, 15) is 0 Å². The van der Waals surface area contributed by atoms with Crippen LogP contribution < -0.4 is 11.1 Å². The van der Waals surface area contributed by atoms with Gasteiger partial charge in [0.2, 0.25) is 0 Å². The fraction of sp³-hybridized carbons (Fsp3) is 0.667. The van der Waals surface area contributed by atoms with E-state index in [1.807, 2.05) is 0 Å². The number of piperidine rings is 2. The molecular weight excluding hydrogens is 322 g/mol. The molecular formula is C21H35N5. The highest BCUT2D eigenvalue weighted by molar-refractivity contribution is 5.92. The van der Waals surface area contributed by atoms with Gasteiger partial charge in [0, 0.05) is 11.2 Å². The van der Waals surface area contributed by atoms with Crippen LogP contribution in [0.25, 0.3) is 0 Å². The number of nitrogens with two attached hydrogens (primary N) is 1. The van der Waals surface area contributed by atoms with Gasteiger partial charge in [-0.3, -0.25) is 9.89 Å². The standard InChI is InChI=1S/C21H35N5/c1-17-13-18(2)15-19(14-17)24-20(22)23-16-21(7-11-25(3)12-8-21)26-9-5-4-6-10-26/h13-15H,4-12,16H2,1-3H3,(H3,22,23,24). The molecule has 0 saturated carbocycles. The minimum Gasteiger partial charge on any atom is -0.370 e. The van der Waals surface area contributed by atoms with Crippen molar-refractivity contribution in [2.24, 2.45) is 10.7 Å². The molecule has 26 heavy (non-hydrogen) atoms. The third-order valence-corrected chi connectivity index (χ3v) is 5.98. The van der Waals surface area contributed by atoms with Crippen LogP contribution in [0.3, 0.4) is 0 Å². The van der Waals surface area contributed by atoms with Crippen molar-refractivity contribution < 1.29 is 0 Å². The summed E-state index contributed by atoms with van der Waals surface area (Å²) in [6, 6.07) is 6.40. The Balaban J connectivity index is 1.70. The van der Waals surface area contributed by atoms with Crippen molar-refractivity contribution in [3.8, 4) is 0 Å². The molecule has 0 aromatic heterocycles. The van der Waals surface area contributed by atoms with Gasteiger partial charge in [-0.25, -0.2) is 0 Å². The van der Waals surface area contributed by atoms with E-state index in [-0.39, 0.29) is 5.54 Å². The summed E-state index contributed by atoms with van der Waals surface area (Å²) in [5, 5.41) is 3.29. The fourth-order valence-corrected chi connectivity index (χ4v) is 4.44. The molecule has 2 aliphatic rings. The highest BCUT2D eigenvalue weighted by Gasteiger charge is 2.39. The lowest BCUT2D eigenvalue weighted by Gasteiger charge is -2.49. The van der Waals surface area contributed by atoms with Crippen molar-refractivity contribution in [2.45, 2.75) is 51.5 Å². The number of rotatable bonds is 4. The Labute approximate surface area is 158 Å². The Morgan fingerprint density at radius 2 is 1.65 bits per heavy atom. The van der Waals surface area contributed by atoms with Crippen LogP contribution in [0.4, 0.5) is 5.69 Å². The number of guanidine groups is 1. The van der Waals surface area contributed by atoms with E-state index in [0.717, 1.165) is 25.3 Å². The van der Waals surface area contributed by atoms with Crippen molar-refractivity contribution >= 4 is 11.6 Å². The number of hydrogen-bond donors (Lipinski definition) is 2. The molecule has 2 fully saturated rings. The molecule has 2 heterocycles. The number of benzene rings is 1. The lowest BCUT2D eigenvalue weighted by Crippen LogP contribution is -2.58. The van der Waals surface area contributed by atoms with Gasteiger partial charge < -0.3 is 16.0 Å². The molecule has 0 aliphatic carbocycles. The molecule has 0 radical (unpaired) electrons. The van der Waals surface area contributed by atoms with Crippen LogP contribution in [0, 0.1) is 13.8 Å². The smallest absolute Gasteiger partial charge is 0.193 e. The number of nitrogens with one attached hydrogen (secondary N) is 1. The van der Waals surface area contributed by atoms with Crippen LogP contribution in [0.2, 0.25) is 0 Å². The predicted molar refractivity (Wildman–Crippen MR) is 111 cm³/mol. The van der Waals surface area contributed by atoms with Crippen LogP contribution in [0.5, 0.6) is 0 Å². The van der Waals surface area contributed by atoms with Gasteiger partial charge in [-0.05, 0) is 96.0 Å². The van der Waals surface area contributed by atoms with Gasteiger partial charge in [-0.1, -0.05) is 12.5 Å².